The number of halogens is 6. The highest BCUT2D eigenvalue weighted by atomic mass is 19.4. The van der Waals surface area contributed by atoms with E-state index in [1.54, 1.807) is 49.8 Å². The highest BCUT2D eigenvalue weighted by Crippen LogP contribution is 2.57. The van der Waals surface area contributed by atoms with Crippen molar-refractivity contribution < 1.29 is 45.3 Å². The third-order valence-electron chi connectivity index (χ3n) is 7.31. The molecule has 2 aliphatic heterocycles. The maximum Gasteiger partial charge on any atom is 0.442 e. The zero-order chi connectivity index (χ0) is 29.7. The summed E-state index contributed by atoms with van der Waals surface area (Å²) in [6.45, 7) is 5.58. The van der Waals surface area contributed by atoms with Gasteiger partial charge in [-0.05, 0) is 45.3 Å². The van der Waals surface area contributed by atoms with Crippen molar-refractivity contribution in [3.05, 3.63) is 70.8 Å². The smallest absolute Gasteiger partial charge is 0.442 e. The lowest BCUT2D eigenvalue weighted by molar-refractivity contribution is -0.347. The molecule has 0 radical (unpaired) electrons. The van der Waals surface area contributed by atoms with Gasteiger partial charge in [0.15, 0.2) is 0 Å². The van der Waals surface area contributed by atoms with Crippen molar-refractivity contribution in [3.63, 3.8) is 0 Å². The number of hydrogen-bond acceptors (Lipinski definition) is 5. The molecule has 2 atom stereocenters. The molecule has 0 saturated carbocycles. The van der Waals surface area contributed by atoms with Gasteiger partial charge < -0.3 is 19.1 Å². The van der Waals surface area contributed by atoms with Gasteiger partial charge in [-0.15, -0.1) is 0 Å². The second kappa shape index (κ2) is 10.3. The van der Waals surface area contributed by atoms with Gasteiger partial charge in [0.05, 0.1) is 31.2 Å². The van der Waals surface area contributed by atoms with E-state index in [1.165, 1.54) is 7.11 Å². The molecule has 1 saturated heterocycles. The molecule has 0 N–H and O–H groups in total. The van der Waals surface area contributed by atoms with E-state index in [-0.39, 0.29) is 23.5 Å². The van der Waals surface area contributed by atoms with Gasteiger partial charge in [0.1, 0.15) is 11.4 Å². The summed E-state index contributed by atoms with van der Waals surface area (Å²) in [6, 6.07) is 7.91. The standard InChI is InChI=1S/C28H32F6N2O4/c1-25(2,3)40-24(37)36-13-9-12-20(23(36)17-10-7-6-8-11-17)35(4)21-15-19-18(14-22(21)38-5)16-39-26(19,27(29,30)31)28(32,33)34/h6-8,10-11,15-16,20,23H,9,12-14H2,1-5H3/t20-,23-/m0/s1. The Kier molecular flexibility index (Phi) is 7.61. The molecule has 1 aromatic rings. The fourth-order valence-electron chi connectivity index (χ4n) is 5.54. The molecule has 3 aliphatic rings. The number of alkyl halides is 6. The van der Waals surface area contributed by atoms with Crippen LogP contribution in [-0.2, 0) is 14.2 Å². The summed E-state index contributed by atoms with van der Waals surface area (Å²) in [5, 5.41) is 0. The quantitative estimate of drug-likeness (QED) is 0.362. The maximum absolute atomic E-state index is 14.1. The molecule has 40 heavy (non-hydrogen) atoms. The summed E-state index contributed by atoms with van der Waals surface area (Å²) < 4.78 is 99.9. The molecule has 1 fully saturated rings. The molecule has 0 bridgehead atoms. The van der Waals surface area contributed by atoms with Crippen LogP contribution >= 0.6 is 0 Å². The van der Waals surface area contributed by atoms with Gasteiger partial charge >= 0.3 is 24.0 Å². The minimum atomic E-state index is -5.77. The molecular weight excluding hydrogens is 542 g/mol. The lowest BCUT2D eigenvalue weighted by atomic mass is 9.82. The summed E-state index contributed by atoms with van der Waals surface area (Å²) in [5.41, 5.74) is -5.75. The number of likely N-dealkylation sites (tertiary alicyclic amines) is 1. The van der Waals surface area contributed by atoms with E-state index in [2.05, 4.69) is 4.74 Å². The molecule has 0 unspecified atom stereocenters. The number of carbonyl (C=O) groups excluding carboxylic acids is 1. The number of carbonyl (C=O) groups is 1. The van der Waals surface area contributed by atoms with E-state index in [1.807, 2.05) is 18.2 Å². The number of nitrogens with zero attached hydrogens (tertiary/aromatic N) is 2. The second-order valence-corrected chi connectivity index (χ2v) is 11.0. The van der Waals surface area contributed by atoms with Crippen LogP contribution in [0.15, 0.2) is 65.3 Å². The minimum Gasteiger partial charge on any atom is -0.499 e. The number of allylic oxidation sites excluding steroid dienone is 2. The molecular formula is C28H32F6N2O4. The average Bonchev–Trinajstić information content (AvgIpc) is 3.26. The molecule has 1 amide bonds. The van der Waals surface area contributed by atoms with Crippen LogP contribution in [-0.4, -0.2) is 66.2 Å². The Morgan fingerprint density at radius 2 is 1.70 bits per heavy atom. The monoisotopic (exact) mass is 574 g/mol. The zero-order valence-corrected chi connectivity index (χ0v) is 22.8. The predicted molar refractivity (Wildman–Crippen MR) is 134 cm³/mol. The largest absolute Gasteiger partial charge is 0.499 e. The molecule has 0 aromatic heterocycles. The molecule has 4 rings (SSSR count). The Morgan fingerprint density at radius 1 is 1.07 bits per heavy atom. The van der Waals surface area contributed by atoms with Crippen LogP contribution in [0.5, 0.6) is 0 Å². The number of hydrogen-bond donors (Lipinski definition) is 0. The molecule has 12 heteroatoms. The average molecular weight is 575 g/mol. The van der Waals surface area contributed by atoms with Crippen LogP contribution in [0.25, 0.3) is 0 Å². The third-order valence-corrected chi connectivity index (χ3v) is 7.31. The first-order valence-corrected chi connectivity index (χ1v) is 12.8. The topological polar surface area (TPSA) is 51.2 Å². The van der Waals surface area contributed by atoms with Crippen LogP contribution in [0.2, 0.25) is 0 Å². The van der Waals surface area contributed by atoms with Crippen molar-refractivity contribution >= 4 is 6.09 Å². The van der Waals surface area contributed by atoms with E-state index in [0.29, 0.717) is 25.6 Å². The van der Waals surface area contributed by atoms with Crippen LogP contribution in [0.1, 0.15) is 51.6 Å². The SMILES string of the molecule is COC1=C(N(C)[C@H]2CCCN(C(=O)OC(C)(C)C)[C@H]2c2ccccc2)C=C2C(=COC2(C(F)(F)F)C(F)(F)F)C1. The first-order chi connectivity index (χ1) is 18.5. The number of amides is 1. The molecule has 6 nitrogen and oxygen atoms in total. The molecule has 1 aliphatic carbocycles. The first kappa shape index (κ1) is 29.7. The van der Waals surface area contributed by atoms with Crippen molar-refractivity contribution in [2.75, 3.05) is 20.7 Å². The highest BCUT2D eigenvalue weighted by molar-refractivity contribution is 5.69. The van der Waals surface area contributed by atoms with Gasteiger partial charge in [-0.3, -0.25) is 4.90 Å². The van der Waals surface area contributed by atoms with Crippen molar-refractivity contribution in [1.29, 1.82) is 0 Å². The zero-order valence-electron chi connectivity index (χ0n) is 22.8. The lowest BCUT2D eigenvalue weighted by Crippen LogP contribution is -2.58. The van der Waals surface area contributed by atoms with E-state index in [0.717, 1.165) is 11.6 Å². The Morgan fingerprint density at radius 3 is 2.25 bits per heavy atom. The Labute approximate surface area is 228 Å². The van der Waals surface area contributed by atoms with Crippen molar-refractivity contribution in [2.45, 2.75) is 75.7 Å². The number of ether oxygens (including phenoxy) is 3. The maximum atomic E-state index is 14.1. The molecule has 1 aromatic carbocycles. The van der Waals surface area contributed by atoms with Gasteiger partial charge in [-0.1, -0.05) is 30.3 Å². The van der Waals surface area contributed by atoms with E-state index in [9.17, 15) is 31.1 Å². The van der Waals surface area contributed by atoms with Crippen LogP contribution < -0.4 is 0 Å². The summed E-state index contributed by atoms with van der Waals surface area (Å²) in [5.74, 6) is 0.183. The van der Waals surface area contributed by atoms with Gasteiger partial charge in [0, 0.05) is 31.2 Å². The molecule has 2 heterocycles. The number of benzene rings is 1. The summed E-state index contributed by atoms with van der Waals surface area (Å²) in [7, 11) is 2.89. The predicted octanol–water partition coefficient (Wildman–Crippen LogP) is 7.02. The van der Waals surface area contributed by atoms with Crippen molar-refractivity contribution in [1.82, 2.24) is 9.80 Å². The van der Waals surface area contributed by atoms with Gasteiger partial charge in [-0.2, -0.15) is 26.3 Å². The van der Waals surface area contributed by atoms with E-state index >= 15 is 0 Å². The van der Waals surface area contributed by atoms with Crippen molar-refractivity contribution in [3.8, 4) is 0 Å². The van der Waals surface area contributed by atoms with Crippen molar-refractivity contribution in [2.24, 2.45) is 0 Å². The Bertz CT molecular complexity index is 1200. The third kappa shape index (κ3) is 5.12. The van der Waals surface area contributed by atoms with E-state index < -0.39 is 47.3 Å². The van der Waals surface area contributed by atoms with Crippen LogP contribution in [0.4, 0.5) is 31.1 Å². The summed E-state index contributed by atoms with van der Waals surface area (Å²) in [6.07, 6.45) is -10.0. The van der Waals surface area contributed by atoms with Gasteiger partial charge in [0.2, 0.25) is 0 Å². The number of piperidine rings is 1. The first-order valence-electron chi connectivity index (χ1n) is 12.8. The number of likely N-dealkylation sites (N-methyl/N-ethyl adjacent to an activating group) is 1. The fourth-order valence-corrected chi connectivity index (χ4v) is 5.54. The molecule has 0 spiro atoms. The Balaban J connectivity index is 1.81. The van der Waals surface area contributed by atoms with Crippen LogP contribution in [0, 0.1) is 0 Å². The van der Waals surface area contributed by atoms with Gasteiger partial charge in [0.25, 0.3) is 0 Å². The van der Waals surface area contributed by atoms with E-state index in [4.69, 9.17) is 9.47 Å². The normalized spacial score (nSPS) is 23.1. The molecule has 220 valence electrons. The lowest BCUT2D eigenvalue weighted by Gasteiger charge is -2.47. The summed E-state index contributed by atoms with van der Waals surface area (Å²) in [4.78, 5) is 16.4. The van der Waals surface area contributed by atoms with Gasteiger partial charge in [-0.25, -0.2) is 4.79 Å². The number of rotatable bonds is 4. The fraction of sp³-hybridized carbons (Fsp3) is 0.536. The second-order valence-electron chi connectivity index (χ2n) is 11.0. The minimum absolute atomic E-state index is 0.0509. The Hall–Kier alpha value is -3.31. The van der Waals surface area contributed by atoms with Crippen LogP contribution in [0.3, 0.4) is 0 Å². The number of methoxy groups -OCH3 is 1. The highest BCUT2D eigenvalue weighted by Gasteiger charge is 2.77. The number of fused-ring (bicyclic) bond motifs is 1. The summed E-state index contributed by atoms with van der Waals surface area (Å²) >= 11 is 0.